The van der Waals surface area contributed by atoms with E-state index in [9.17, 15) is 14.7 Å². The van der Waals surface area contributed by atoms with E-state index in [4.69, 9.17) is 5.11 Å². The minimum atomic E-state index is -1.21. The van der Waals surface area contributed by atoms with Crippen LogP contribution in [0.4, 0.5) is 0 Å². The SMILES string of the molecule is O=C(O)c1ccc(C#Cc2ccc3ccccc3c2)c(C(=O)O)c1. The Morgan fingerprint density at radius 1 is 0.750 bits per heavy atom. The van der Waals surface area contributed by atoms with Gasteiger partial charge in [0.1, 0.15) is 0 Å². The summed E-state index contributed by atoms with van der Waals surface area (Å²) in [6.07, 6.45) is 0. The molecule has 0 saturated carbocycles. The summed E-state index contributed by atoms with van der Waals surface area (Å²) in [6.45, 7) is 0. The van der Waals surface area contributed by atoms with Crippen molar-refractivity contribution in [2.45, 2.75) is 0 Å². The second kappa shape index (κ2) is 6.27. The molecule has 0 amide bonds. The van der Waals surface area contributed by atoms with Crippen molar-refractivity contribution < 1.29 is 19.8 Å². The zero-order chi connectivity index (χ0) is 17.1. The van der Waals surface area contributed by atoms with E-state index in [0.29, 0.717) is 0 Å². The monoisotopic (exact) mass is 316 g/mol. The van der Waals surface area contributed by atoms with Gasteiger partial charge in [0, 0.05) is 11.1 Å². The molecular weight excluding hydrogens is 304 g/mol. The Labute approximate surface area is 138 Å². The maximum atomic E-state index is 11.3. The van der Waals surface area contributed by atoms with Crippen LogP contribution in [-0.4, -0.2) is 22.2 Å². The smallest absolute Gasteiger partial charge is 0.336 e. The summed E-state index contributed by atoms with van der Waals surface area (Å²) in [5.41, 5.74) is 0.833. The van der Waals surface area contributed by atoms with Crippen molar-refractivity contribution in [3.63, 3.8) is 0 Å². The van der Waals surface area contributed by atoms with Gasteiger partial charge in [0.2, 0.25) is 0 Å². The molecule has 0 atom stereocenters. The molecule has 3 aromatic carbocycles. The molecule has 3 rings (SSSR count). The van der Waals surface area contributed by atoms with Crippen LogP contribution in [0.15, 0.2) is 60.7 Å². The van der Waals surface area contributed by atoms with Gasteiger partial charge in [0.15, 0.2) is 0 Å². The molecule has 116 valence electrons. The zero-order valence-electron chi connectivity index (χ0n) is 12.5. The number of fused-ring (bicyclic) bond motifs is 1. The van der Waals surface area contributed by atoms with Gasteiger partial charge >= 0.3 is 11.9 Å². The molecular formula is C20H12O4. The quantitative estimate of drug-likeness (QED) is 0.708. The summed E-state index contributed by atoms with van der Waals surface area (Å²) in [5.74, 6) is 3.37. The van der Waals surface area contributed by atoms with Crippen LogP contribution in [0.3, 0.4) is 0 Å². The number of benzene rings is 3. The molecule has 0 saturated heterocycles. The summed E-state index contributed by atoms with van der Waals surface area (Å²) >= 11 is 0. The van der Waals surface area contributed by atoms with Crippen LogP contribution in [0.25, 0.3) is 10.8 Å². The van der Waals surface area contributed by atoms with Crippen molar-refractivity contribution in [3.05, 3.63) is 82.9 Å². The molecule has 4 nitrogen and oxygen atoms in total. The molecule has 0 fully saturated rings. The number of carboxylic acid groups (broad SMARTS) is 2. The Morgan fingerprint density at radius 3 is 2.21 bits per heavy atom. The fraction of sp³-hybridized carbons (Fsp3) is 0. The number of hydrogen-bond donors (Lipinski definition) is 2. The molecule has 0 heterocycles. The van der Waals surface area contributed by atoms with Gasteiger partial charge in [-0.2, -0.15) is 0 Å². The van der Waals surface area contributed by atoms with E-state index < -0.39 is 11.9 Å². The third-order valence-electron chi connectivity index (χ3n) is 3.59. The number of hydrogen-bond acceptors (Lipinski definition) is 2. The molecule has 2 N–H and O–H groups in total. The molecule has 4 heteroatoms. The lowest BCUT2D eigenvalue weighted by molar-refractivity contribution is 0.0695. The van der Waals surface area contributed by atoms with Crippen molar-refractivity contribution in [1.29, 1.82) is 0 Å². The van der Waals surface area contributed by atoms with E-state index in [1.165, 1.54) is 12.1 Å². The Bertz CT molecular complexity index is 1020. The molecule has 0 spiro atoms. The topological polar surface area (TPSA) is 74.6 Å². The Hall–Kier alpha value is -3.58. The van der Waals surface area contributed by atoms with Crippen LogP contribution in [0.5, 0.6) is 0 Å². The third-order valence-corrected chi connectivity index (χ3v) is 3.59. The van der Waals surface area contributed by atoms with Gasteiger partial charge in [-0.05, 0) is 41.1 Å². The fourth-order valence-corrected chi connectivity index (χ4v) is 2.37. The van der Waals surface area contributed by atoms with E-state index in [1.54, 1.807) is 0 Å². The highest BCUT2D eigenvalue weighted by atomic mass is 16.4. The van der Waals surface area contributed by atoms with Crippen molar-refractivity contribution in [1.82, 2.24) is 0 Å². The second-order valence-corrected chi connectivity index (χ2v) is 5.18. The van der Waals surface area contributed by atoms with E-state index in [1.807, 2.05) is 42.5 Å². The van der Waals surface area contributed by atoms with Crippen molar-refractivity contribution in [2.24, 2.45) is 0 Å². The fourth-order valence-electron chi connectivity index (χ4n) is 2.37. The number of carboxylic acids is 2. The zero-order valence-corrected chi connectivity index (χ0v) is 12.5. The lowest BCUT2D eigenvalue weighted by atomic mass is 10.0. The maximum absolute atomic E-state index is 11.3. The lowest BCUT2D eigenvalue weighted by Gasteiger charge is -2.01. The number of rotatable bonds is 2. The highest BCUT2D eigenvalue weighted by molar-refractivity contribution is 5.95. The Morgan fingerprint density at radius 2 is 1.50 bits per heavy atom. The van der Waals surface area contributed by atoms with E-state index >= 15 is 0 Å². The standard InChI is InChI=1S/C20H12O4/c21-19(22)17-10-9-15(18(12-17)20(23)24)8-6-13-5-7-14-3-1-2-4-16(14)11-13/h1-5,7,9-12H,(H,21,22)(H,23,24). The first kappa shape index (κ1) is 15.3. The summed E-state index contributed by atoms with van der Waals surface area (Å²) in [4.78, 5) is 22.3. The number of aromatic carboxylic acids is 2. The highest BCUT2D eigenvalue weighted by Crippen LogP contribution is 2.16. The third kappa shape index (κ3) is 3.11. The molecule has 3 aromatic rings. The van der Waals surface area contributed by atoms with Gasteiger partial charge in [-0.15, -0.1) is 0 Å². The van der Waals surface area contributed by atoms with Crippen LogP contribution >= 0.6 is 0 Å². The highest BCUT2D eigenvalue weighted by Gasteiger charge is 2.12. The molecule has 0 aliphatic heterocycles. The molecule has 0 unspecified atom stereocenters. The minimum Gasteiger partial charge on any atom is -0.478 e. The molecule has 0 aliphatic rings. The predicted octanol–water partition coefficient (Wildman–Crippen LogP) is 3.64. The van der Waals surface area contributed by atoms with Crippen molar-refractivity contribution in [3.8, 4) is 11.8 Å². The van der Waals surface area contributed by atoms with Crippen molar-refractivity contribution >= 4 is 22.7 Å². The molecule has 24 heavy (non-hydrogen) atoms. The predicted molar refractivity (Wildman–Crippen MR) is 90.3 cm³/mol. The number of carbonyl (C=O) groups is 2. The normalized spacial score (nSPS) is 10.0. The minimum absolute atomic E-state index is 0.0799. The first-order valence-corrected chi connectivity index (χ1v) is 7.16. The first-order valence-electron chi connectivity index (χ1n) is 7.16. The maximum Gasteiger partial charge on any atom is 0.336 e. The molecule has 0 aliphatic carbocycles. The lowest BCUT2D eigenvalue weighted by Crippen LogP contribution is -2.04. The summed E-state index contributed by atoms with van der Waals surface area (Å²) in [6, 6.07) is 17.5. The largest absolute Gasteiger partial charge is 0.478 e. The van der Waals surface area contributed by atoms with Gasteiger partial charge in [-0.1, -0.05) is 42.2 Å². The van der Waals surface area contributed by atoms with Gasteiger partial charge < -0.3 is 10.2 Å². The van der Waals surface area contributed by atoms with Crippen LogP contribution in [0.1, 0.15) is 31.8 Å². The van der Waals surface area contributed by atoms with Gasteiger partial charge in [-0.25, -0.2) is 9.59 Å². The van der Waals surface area contributed by atoms with Crippen LogP contribution in [0.2, 0.25) is 0 Å². The molecule has 0 radical (unpaired) electrons. The Balaban J connectivity index is 2.02. The van der Waals surface area contributed by atoms with E-state index in [-0.39, 0.29) is 16.7 Å². The van der Waals surface area contributed by atoms with Crippen molar-refractivity contribution in [2.75, 3.05) is 0 Å². The Kier molecular flexibility index (Phi) is 4.00. The summed E-state index contributed by atoms with van der Waals surface area (Å²) in [7, 11) is 0. The van der Waals surface area contributed by atoms with Crippen LogP contribution in [-0.2, 0) is 0 Å². The van der Waals surface area contributed by atoms with Crippen LogP contribution in [0, 0.1) is 11.8 Å². The van der Waals surface area contributed by atoms with Gasteiger partial charge in [0.25, 0.3) is 0 Å². The second-order valence-electron chi connectivity index (χ2n) is 5.18. The molecule has 0 bridgehead atoms. The summed E-state index contributed by atoms with van der Waals surface area (Å²) in [5, 5.41) is 20.4. The molecule has 0 aromatic heterocycles. The summed E-state index contributed by atoms with van der Waals surface area (Å²) < 4.78 is 0. The van der Waals surface area contributed by atoms with E-state index in [2.05, 4.69) is 11.8 Å². The average Bonchev–Trinajstić information content (AvgIpc) is 2.59. The first-order chi connectivity index (χ1) is 11.5. The average molecular weight is 316 g/mol. The van der Waals surface area contributed by atoms with E-state index in [0.717, 1.165) is 22.4 Å². The van der Waals surface area contributed by atoms with Gasteiger partial charge in [-0.3, -0.25) is 0 Å². The van der Waals surface area contributed by atoms with Crippen LogP contribution < -0.4 is 0 Å². The van der Waals surface area contributed by atoms with Gasteiger partial charge in [0.05, 0.1) is 11.1 Å².